The van der Waals surface area contributed by atoms with E-state index in [-0.39, 0.29) is 17.8 Å². The van der Waals surface area contributed by atoms with Gasteiger partial charge in [-0.3, -0.25) is 4.79 Å². The Balaban J connectivity index is 1.81. The molecule has 0 spiro atoms. The molecule has 6 nitrogen and oxygen atoms in total. The molecule has 0 bridgehead atoms. The van der Waals surface area contributed by atoms with Gasteiger partial charge in [0.2, 0.25) is 5.91 Å². The van der Waals surface area contributed by atoms with Crippen molar-refractivity contribution in [2.45, 2.75) is 33.3 Å². The van der Waals surface area contributed by atoms with Gasteiger partial charge in [0, 0.05) is 31.8 Å². The van der Waals surface area contributed by atoms with E-state index in [0.717, 1.165) is 24.2 Å². The van der Waals surface area contributed by atoms with Gasteiger partial charge in [0.15, 0.2) is 5.96 Å². The summed E-state index contributed by atoms with van der Waals surface area (Å²) < 4.78 is 18.9. The van der Waals surface area contributed by atoms with Crippen molar-refractivity contribution in [3.05, 3.63) is 59.9 Å². The number of amides is 1. The summed E-state index contributed by atoms with van der Waals surface area (Å²) in [7, 11) is 0. The molecule has 1 atom stereocenters. The minimum atomic E-state index is -0.321. The summed E-state index contributed by atoms with van der Waals surface area (Å²) in [5, 5.41) is 9.26. The van der Waals surface area contributed by atoms with Gasteiger partial charge >= 0.3 is 0 Å². The number of halogens is 1. The second-order valence-electron chi connectivity index (χ2n) is 6.66. The van der Waals surface area contributed by atoms with Crippen LogP contribution in [0.25, 0.3) is 0 Å². The van der Waals surface area contributed by atoms with Crippen molar-refractivity contribution in [3.63, 3.8) is 0 Å². The van der Waals surface area contributed by atoms with Gasteiger partial charge in [0.05, 0.1) is 6.54 Å². The number of anilines is 1. The molecule has 0 aliphatic heterocycles. The van der Waals surface area contributed by atoms with E-state index in [1.807, 2.05) is 38.1 Å². The van der Waals surface area contributed by atoms with Crippen LogP contribution in [0.4, 0.5) is 10.1 Å². The summed E-state index contributed by atoms with van der Waals surface area (Å²) in [4.78, 5) is 15.6. The van der Waals surface area contributed by atoms with Crippen molar-refractivity contribution >= 4 is 17.6 Å². The summed E-state index contributed by atoms with van der Waals surface area (Å²) in [5.74, 6) is 0.797. The van der Waals surface area contributed by atoms with Crippen molar-refractivity contribution in [1.29, 1.82) is 0 Å². The zero-order valence-corrected chi connectivity index (χ0v) is 17.2. The van der Waals surface area contributed by atoms with Crippen LogP contribution >= 0.6 is 0 Å². The van der Waals surface area contributed by atoms with E-state index in [2.05, 4.69) is 20.9 Å². The lowest BCUT2D eigenvalue weighted by atomic mass is 10.1. The molecular weight excluding hydrogens is 371 g/mol. The molecule has 0 aliphatic carbocycles. The Morgan fingerprint density at radius 2 is 1.93 bits per heavy atom. The van der Waals surface area contributed by atoms with Crippen LogP contribution in [0.5, 0.6) is 5.75 Å². The van der Waals surface area contributed by atoms with Gasteiger partial charge in [0.1, 0.15) is 17.7 Å². The van der Waals surface area contributed by atoms with E-state index >= 15 is 0 Å². The molecule has 7 heteroatoms. The average Bonchev–Trinajstić information content (AvgIpc) is 2.67. The minimum Gasteiger partial charge on any atom is -0.489 e. The Labute approximate surface area is 171 Å². The largest absolute Gasteiger partial charge is 0.489 e. The number of nitrogens with zero attached hydrogens (tertiary/aromatic N) is 1. The van der Waals surface area contributed by atoms with Crippen LogP contribution in [0.15, 0.2) is 53.5 Å². The molecular formula is C22H29FN4O2. The summed E-state index contributed by atoms with van der Waals surface area (Å²) in [6.45, 7) is 7.29. The summed E-state index contributed by atoms with van der Waals surface area (Å²) in [6.07, 6.45) is 0.633. The molecule has 29 heavy (non-hydrogen) atoms. The number of hydrogen-bond donors (Lipinski definition) is 3. The molecule has 3 N–H and O–H groups in total. The standard InChI is InChI=1S/C22H29FN4O2/c1-4-24-22(26-15-16(2)29-21-7-5-6-19(23)14-21)25-13-12-18-8-10-20(11-9-18)27-17(3)28/h5-11,14,16H,4,12-13,15H2,1-3H3,(H,27,28)(H2,24,25,26). The van der Waals surface area contributed by atoms with Gasteiger partial charge in [0.25, 0.3) is 0 Å². The summed E-state index contributed by atoms with van der Waals surface area (Å²) >= 11 is 0. The first-order valence-electron chi connectivity index (χ1n) is 9.77. The number of ether oxygens (including phenoxy) is 1. The number of carbonyl (C=O) groups excluding carboxylic acids is 1. The number of nitrogens with one attached hydrogen (secondary N) is 3. The number of guanidine groups is 1. The highest BCUT2D eigenvalue weighted by atomic mass is 19.1. The van der Waals surface area contributed by atoms with Crippen LogP contribution in [0.1, 0.15) is 26.3 Å². The fourth-order valence-corrected chi connectivity index (χ4v) is 2.65. The van der Waals surface area contributed by atoms with Gasteiger partial charge in [-0.1, -0.05) is 18.2 Å². The molecule has 0 fully saturated rings. The molecule has 0 saturated carbocycles. The molecule has 2 aromatic carbocycles. The lowest BCUT2D eigenvalue weighted by Gasteiger charge is -2.15. The van der Waals surface area contributed by atoms with Crippen LogP contribution in [-0.2, 0) is 11.2 Å². The van der Waals surface area contributed by atoms with E-state index in [1.165, 1.54) is 19.1 Å². The lowest BCUT2D eigenvalue weighted by molar-refractivity contribution is -0.114. The smallest absolute Gasteiger partial charge is 0.221 e. The van der Waals surface area contributed by atoms with Crippen molar-refractivity contribution in [2.75, 3.05) is 25.0 Å². The van der Waals surface area contributed by atoms with Crippen LogP contribution in [0.2, 0.25) is 0 Å². The Bertz CT molecular complexity index is 809. The highest BCUT2D eigenvalue weighted by Gasteiger charge is 2.06. The predicted octanol–water partition coefficient (Wildman–Crippen LogP) is 3.35. The molecule has 2 rings (SSSR count). The molecule has 2 aromatic rings. The minimum absolute atomic E-state index is 0.0819. The number of aliphatic imine (C=N–C) groups is 1. The maximum atomic E-state index is 13.2. The molecule has 0 aliphatic rings. The maximum absolute atomic E-state index is 13.2. The zero-order chi connectivity index (χ0) is 21.1. The Morgan fingerprint density at radius 3 is 2.59 bits per heavy atom. The van der Waals surface area contributed by atoms with Crippen LogP contribution in [0, 0.1) is 5.82 Å². The van der Waals surface area contributed by atoms with E-state index in [1.54, 1.807) is 12.1 Å². The van der Waals surface area contributed by atoms with Gasteiger partial charge in [-0.15, -0.1) is 0 Å². The molecule has 1 unspecified atom stereocenters. The Kier molecular flexibility index (Phi) is 8.95. The molecule has 156 valence electrons. The Hall–Kier alpha value is -3.09. The first kappa shape index (κ1) is 22.2. The lowest BCUT2D eigenvalue weighted by Crippen LogP contribution is -2.39. The molecule has 0 heterocycles. The fraction of sp³-hybridized carbons (Fsp3) is 0.364. The number of hydrogen-bond acceptors (Lipinski definition) is 3. The van der Waals surface area contributed by atoms with E-state index in [0.29, 0.717) is 24.8 Å². The van der Waals surface area contributed by atoms with Gasteiger partial charge < -0.3 is 20.7 Å². The zero-order valence-electron chi connectivity index (χ0n) is 17.2. The van der Waals surface area contributed by atoms with Crippen molar-refractivity contribution in [3.8, 4) is 5.75 Å². The number of carbonyl (C=O) groups is 1. The van der Waals surface area contributed by atoms with Gasteiger partial charge in [-0.2, -0.15) is 0 Å². The van der Waals surface area contributed by atoms with E-state index in [4.69, 9.17) is 4.74 Å². The monoisotopic (exact) mass is 400 g/mol. The van der Waals surface area contributed by atoms with Crippen molar-refractivity contribution in [2.24, 2.45) is 4.99 Å². The number of rotatable bonds is 9. The predicted molar refractivity (Wildman–Crippen MR) is 115 cm³/mol. The first-order chi connectivity index (χ1) is 14.0. The molecule has 0 aromatic heterocycles. The van der Waals surface area contributed by atoms with E-state index < -0.39 is 0 Å². The van der Waals surface area contributed by atoms with Crippen molar-refractivity contribution < 1.29 is 13.9 Å². The summed E-state index contributed by atoms with van der Waals surface area (Å²) in [6, 6.07) is 13.9. The topological polar surface area (TPSA) is 74.8 Å². The third-order valence-electron chi connectivity index (χ3n) is 3.96. The fourth-order valence-electron chi connectivity index (χ4n) is 2.65. The summed E-state index contributed by atoms with van der Waals surface area (Å²) in [5.41, 5.74) is 1.95. The maximum Gasteiger partial charge on any atom is 0.221 e. The SMILES string of the molecule is CCNC(=NCC(C)Oc1cccc(F)c1)NCCc1ccc(NC(C)=O)cc1. The average molecular weight is 400 g/mol. The second kappa shape index (κ2) is 11.7. The first-order valence-corrected chi connectivity index (χ1v) is 9.77. The molecule has 1 amide bonds. The third-order valence-corrected chi connectivity index (χ3v) is 3.96. The molecule has 0 radical (unpaired) electrons. The van der Waals surface area contributed by atoms with Gasteiger partial charge in [-0.05, 0) is 50.1 Å². The van der Waals surface area contributed by atoms with E-state index in [9.17, 15) is 9.18 Å². The van der Waals surface area contributed by atoms with Crippen LogP contribution in [-0.4, -0.2) is 37.6 Å². The second-order valence-corrected chi connectivity index (χ2v) is 6.66. The van der Waals surface area contributed by atoms with Crippen LogP contribution < -0.4 is 20.7 Å². The third kappa shape index (κ3) is 8.64. The van der Waals surface area contributed by atoms with Crippen molar-refractivity contribution in [1.82, 2.24) is 10.6 Å². The number of benzene rings is 2. The Morgan fingerprint density at radius 1 is 1.17 bits per heavy atom. The van der Waals surface area contributed by atoms with Gasteiger partial charge in [-0.25, -0.2) is 9.38 Å². The normalized spacial score (nSPS) is 12.2. The highest BCUT2D eigenvalue weighted by molar-refractivity contribution is 5.88. The van der Waals surface area contributed by atoms with Crippen LogP contribution in [0.3, 0.4) is 0 Å². The quantitative estimate of drug-likeness (QED) is 0.446. The molecule has 0 saturated heterocycles. The highest BCUT2D eigenvalue weighted by Crippen LogP contribution is 2.14.